The van der Waals surface area contributed by atoms with Gasteiger partial charge in [0.25, 0.3) is 5.91 Å². The molecule has 1 heterocycles. The maximum absolute atomic E-state index is 13.4. The SMILES string of the molecule is COC(=O)N(C)c1ccc(NC(=O)c2cn(-c3ccc(F)cc3)nc2-c2cccc(C)c2)cc1. The van der Waals surface area contributed by atoms with Crippen LogP contribution in [0.25, 0.3) is 16.9 Å². The first-order valence-electron chi connectivity index (χ1n) is 10.5. The highest BCUT2D eigenvalue weighted by molar-refractivity contribution is 6.08. The van der Waals surface area contributed by atoms with Gasteiger partial charge in [0.15, 0.2) is 0 Å². The number of aryl methyl sites for hydroxylation is 1. The van der Waals surface area contributed by atoms with E-state index in [2.05, 4.69) is 10.4 Å². The first kappa shape index (κ1) is 22.7. The zero-order chi connectivity index (χ0) is 24.2. The van der Waals surface area contributed by atoms with Gasteiger partial charge in [-0.25, -0.2) is 13.9 Å². The third-order valence-electron chi connectivity index (χ3n) is 5.30. The van der Waals surface area contributed by atoms with E-state index in [4.69, 9.17) is 4.74 Å². The van der Waals surface area contributed by atoms with Gasteiger partial charge in [-0.05, 0) is 61.5 Å². The molecule has 0 aliphatic heterocycles. The van der Waals surface area contributed by atoms with Gasteiger partial charge in [0, 0.05) is 30.2 Å². The Morgan fingerprint density at radius 3 is 2.38 bits per heavy atom. The number of benzene rings is 3. The average molecular weight is 458 g/mol. The molecule has 0 radical (unpaired) electrons. The minimum Gasteiger partial charge on any atom is -0.452 e. The van der Waals surface area contributed by atoms with Crippen molar-refractivity contribution >= 4 is 23.4 Å². The molecule has 172 valence electrons. The van der Waals surface area contributed by atoms with Crippen LogP contribution in [-0.2, 0) is 4.74 Å². The summed E-state index contributed by atoms with van der Waals surface area (Å²) in [6.45, 7) is 1.97. The summed E-state index contributed by atoms with van der Waals surface area (Å²) >= 11 is 0. The summed E-state index contributed by atoms with van der Waals surface area (Å²) in [5, 5.41) is 7.50. The van der Waals surface area contributed by atoms with E-state index in [-0.39, 0.29) is 11.7 Å². The number of amides is 2. The molecule has 1 N–H and O–H groups in total. The number of nitrogens with zero attached hydrogens (tertiary/aromatic N) is 3. The summed E-state index contributed by atoms with van der Waals surface area (Å²) in [4.78, 5) is 26.3. The molecule has 7 nitrogen and oxygen atoms in total. The Hall–Kier alpha value is -4.46. The van der Waals surface area contributed by atoms with E-state index < -0.39 is 6.09 Å². The van der Waals surface area contributed by atoms with Crippen molar-refractivity contribution in [3.63, 3.8) is 0 Å². The van der Waals surface area contributed by atoms with Crippen molar-refractivity contribution in [1.29, 1.82) is 0 Å². The Kier molecular flexibility index (Phi) is 6.40. The van der Waals surface area contributed by atoms with E-state index in [9.17, 15) is 14.0 Å². The van der Waals surface area contributed by atoms with Gasteiger partial charge in [-0.2, -0.15) is 5.10 Å². The molecule has 2 amide bonds. The number of methoxy groups -OCH3 is 1. The number of ether oxygens (including phenoxy) is 1. The van der Waals surface area contributed by atoms with E-state index in [1.54, 1.807) is 54.3 Å². The predicted octanol–water partition coefficient (Wildman–Crippen LogP) is 5.44. The van der Waals surface area contributed by atoms with Crippen molar-refractivity contribution < 1.29 is 18.7 Å². The van der Waals surface area contributed by atoms with Crippen LogP contribution >= 0.6 is 0 Å². The number of anilines is 2. The second-order valence-corrected chi connectivity index (χ2v) is 7.71. The minimum absolute atomic E-state index is 0.348. The summed E-state index contributed by atoms with van der Waals surface area (Å²) < 4.78 is 19.7. The van der Waals surface area contributed by atoms with Gasteiger partial charge in [-0.3, -0.25) is 9.69 Å². The fourth-order valence-corrected chi connectivity index (χ4v) is 3.48. The molecule has 0 atom stereocenters. The minimum atomic E-state index is -0.493. The third kappa shape index (κ3) is 4.80. The Balaban J connectivity index is 1.66. The molecule has 0 saturated heterocycles. The van der Waals surface area contributed by atoms with E-state index in [1.165, 1.54) is 24.1 Å². The molecule has 0 aliphatic rings. The molecule has 0 aliphatic carbocycles. The number of hydrogen-bond donors (Lipinski definition) is 1. The van der Waals surface area contributed by atoms with Crippen molar-refractivity contribution in [3.8, 4) is 16.9 Å². The molecule has 1 aromatic heterocycles. The maximum Gasteiger partial charge on any atom is 0.413 e. The fraction of sp³-hybridized carbons (Fsp3) is 0.115. The Morgan fingerprint density at radius 1 is 1.03 bits per heavy atom. The van der Waals surface area contributed by atoms with Crippen LogP contribution in [0, 0.1) is 12.7 Å². The quantitative estimate of drug-likeness (QED) is 0.432. The van der Waals surface area contributed by atoms with E-state index in [1.807, 2.05) is 31.2 Å². The van der Waals surface area contributed by atoms with Gasteiger partial charge >= 0.3 is 6.09 Å². The van der Waals surface area contributed by atoms with Crippen molar-refractivity contribution in [2.45, 2.75) is 6.92 Å². The lowest BCUT2D eigenvalue weighted by Crippen LogP contribution is -2.25. The molecule has 8 heteroatoms. The van der Waals surface area contributed by atoms with Crippen LogP contribution in [0.15, 0.2) is 79.0 Å². The number of carbonyl (C=O) groups is 2. The molecule has 4 aromatic rings. The molecule has 0 spiro atoms. The summed E-state index contributed by atoms with van der Waals surface area (Å²) in [5.41, 5.74) is 4.50. The number of hydrogen-bond acceptors (Lipinski definition) is 4. The van der Waals surface area contributed by atoms with Crippen LogP contribution in [0.2, 0.25) is 0 Å². The molecule has 4 rings (SSSR count). The zero-order valence-corrected chi connectivity index (χ0v) is 18.9. The summed E-state index contributed by atoms with van der Waals surface area (Å²) in [6.07, 6.45) is 1.13. The monoisotopic (exact) mass is 458 g/mol. The molecular weight excluding hydrogens is 435 g/mol. The van der Waals surface area contributed by atoms with E-state index >= 15 is 0 Å². The van der Waals surface area contributed by atoms with Gasteiger partial charge in [-0.1, -0.05) is 23.8 Å². The number of carbonyl (C=O) groups excluding carboxylic acids is 2. The first-order valence-corrected chi connectivity index (χ1v) is 10.5. The Labute approximate surface area is 196 Å². The molecule has 3 aromatic carbocycles. The number of halogens is 1. The van der Waals surface area contributed by atoms with Gasteiger partial charge in [0.05, 0.1) is 18.4 Å². The second-order valence-electron chi connectivity index (χ2n) is 7.71. The van der Waals surface area contributed by atoms with Gasteiger partial charge in [0.2, 0.25) is 0 Å². The van der Waals surface area contributed by atoms with Crippen LogP contribution < -0.4 is 10.2 Å². The van der Waals surface area contributed by atoms with Crippen LogP contribution in [0.4, 0.5) is 20.6 Å². The largest absolute Gasteiger partial charge is 0.452 e. The third-order valence-corrected chi connectivity index (χ3v) is 5.30. The fourth-order valence-electron chi connectivity index (χ4n) is 3.48. The van der Waals surface area contributed by atoms with Crippen molar-refractivity contribution in [2.24, 2.45) is 0 Å². The van der Waals surface area contributed by atoms with Crippen LogP contribution in [0.3, 0.4) is 0 Å². The lowest BCUT2D eigenvalue weighted by atomic mass is 10.1. The number of aromatic nitrogens is 2. The average Bonchev–Trinajstić information content (AvgIpc) is 3.30. The molecule has 0 fully saturated rings. The lowest BCUT2D eigenvalue weighted by Gasteiger charge is -2.16. The van der Waals surface area contributed by atoms with Gasteiger partial charge in [-0.15, -0.1) is 0 Å². The number of rotatable bonds is 5. The first-order chi connectivity index (χ1) is 16.4. The van der Waals surface area contributed by atoms with E-state index in [0.29, 0.717) is 28.3 Å². The number of nitrogens with one attached hydrogen (secondary N) is 1. The van der Waals surface area contributed by atoms with Gasteiger partial charge < -0.3 is 10.1 Å². The Bertz CT molecular complexity index is 1330. The highest BCUT2D eigenvalue weighted by atomic mass is 19.1. The lowest BCUT2D eigenvalue weighted by molar-refractivity contribution is 0.102. The molecule has 34 heavy (non-hydrogen) atoms. The summed E-state index contributed by atoms with van der Waals surface area (Å²) in [6, 6.07) is 20.4. The molecular formula is C26H23FN4O3. The second kappa shape index (κ2) is 9.58. The maximum atomic E-state index is 13.4. The summed E-state index contributed by atoms with van der Waals surface area (Å²) in [5.74, 6) is -0.701. The zero-order valence-electron chi connectivity index (χ0n) is 18.9. The van der Waals surface area contributed by atoms with Crippen molar-refractivity contribution in [1.82, 2.24) is 9.78 Å². The van der Waals surface area contributed by atoms with Crippen LogP contribution in [-0.4, -0.2) is 35.9 Å². The topological polar surface area (TPSA) is 76.5 Å². The highest BCUT2D eigenvalue weighted by Crippen LogP contribution is 2.26. The van der Waals surface area contributed by atoms with Crippen molar-refractivity contribution in [2.75, 3.05) is 24.4 Å². The standard InChI is InChI=1S/C26H23FN4O3/c1-17-5-4-6-18(15-17)24-23(16-31(29-24)22-11-7-19(27)8-12-22)25(32)28-20-9-13-21(14-10-20)30(2)26(33)34-3/h4-16H,1-3H3,(H,28,32). The molecule has 0 bridgehead atoms. The summed E-state index contributed by atoms with van der Waals surface area (Å²) in [7, 11) is 2.91. The van der Waals surface area contributed by atoms with Crippen molar-refractivity contribution in [3.05, 3.63) is 95.9 Å². The Morgan fingerprint density at radius 2 is 1.74 bits per heavy atom. The normalized spacial score (nSPS) is 10.6. The molecule has 0 unspecified atom stereocenters. The predicted molar refractivity (Wildman–Crippen MR) is 129 cm³/mol. The van der Waals surface area contributed by atoms with Gasteiger partial charge in [0.1, 0.15) is 11.5 Å². The van der Waals surface area contributed by atoms with Crippen LogP contribution in [0.1, 0.15) is 15.9 Å². The molecule has 0 saturated carbocycles. The van der Waals surface area contributed by atoms with E-state index in [0.717, 1.165) is 11.1 Å². The highest BCUT2D eigenvalue weighted by Gasteiger charge is 2.19. The van der Waals surface area contributed by atoms with Crippen LogP contribution in [0.5, 0.6) is 0 Å². The smallest absolute Gasteiger partial charge is 0.413 e.